The molecule has 0 spiro atoms. The number of fused-ring (bicyclic) bond motifs is 1. The number of Topliss-reactive ketones (excluding diaryl/α,β-unsaturated/α-hetero) is 1. The first-order valence-corrected chi connectivity index (χ1v) is 16.2. The van der Waals surface area contributed by atoms with Gasteiger partial charge in [-0.2, -0.15) is 0 Å². The van der Waals surface area contributed by atoms with Crippen LogP contribution in [0.2, 0.25) is 0 Å². The zero-order valence-electron chi connectivity index (χ0n) is 27.2. The van der Waals surface area contributed by atoms with Gasteiger partial charge in [0.25, 0.3) is 5.91 Å². The third-order valence-corrected chi connectivity index (χ3v) is 10.3. The second-order valence-corrected chi connectivity index (χ2v) is 15.0. The van der Waals surface area contributed by atoms with Crippen molar-refractivity contribution in [3.63, 3.8) is 0 Å². The van der Waals surface area contributed by atoms with Crippen LogP contribution in [0.3, 0.4) is 0 Å². The Bertz CT molecular complexity index is 1170. The molecule has 6 atom stereocenters. The number of amides is 5. The smallest absolute Gasteiger partial charge is 0.328 e. The monoisotopic (exact) mass is 617 g/mol. The van der Waals surface area contributed by atoms with E-state index >= 15 is 0 Å². The van der Waals surface area contributed by atoms with Crippen LogP contribution in [0.5, 0.6) is 0 Å². The molecule has 0 aromatic heterocycles. The molecule has 0 aromatic carbocycles. The van der Waals surface area contributed by atoms with Crippen LogP contribution >= 0.6 is 0 Å². The highest BCUT2D eigenvalue weighted by molar-refractivity contribution is 6.38. The molecule has 1 heterocycles. The molecule has 0 bridgehead atoms. The van der Waals surface area contributed by atoms with Crippen molar-refractivity contribution < 1.29 is 33.5 Å². The molecule has 1 unspecified atom stereocenters. The predicted molar refractivity (Wildman–Crippen MR) is 162 cm³/mol. The Morgan fingerprint density at radius 2 is 1.57 bits per heavy atom. The minimum absolute atomic E-state index is 0.0725. The molecule has 44 heavy (non-hydrogen) atoms. The standard InChI is InChI=1S/C32H51N5O7/c1-8-17(9-2)22(29(42)44-15-16-10-11-16)35-30(43)36-25(31(3,4)5)28(41)37-14-19-20(32(19,6)7)23(37)27(40)34-21(18-12-13-18)24(38)26(33)39/h16-23,25H,8-15H2,1-7H3,(H2,33,39)(H,34,40)(H2,35,36,43)/t19-,20-,21?,22-,23-,25+/m0/s1. The summed E-state index contributed by atoms with van der Waals surface area (Å²) in [5.74, 6) is -3.30. The number of nitrogens with zero attached hydrogens (tertiary/aromatic N) is 1. The number of hydrogen-bond acceptors (Lipinski definition) is 7. The van der Waals surface area contributed by atoms with E-state index in [4.69, 9.17) is 10.5 Å². The van der Waals surface area contributed by atoms with E-state index in [1.54, 1.807) is 0 Å². The topological polar surface area (TPSA) is 177 Å². The summed E-state index contributed by atoms with van der Waals surface area (Å²) in [5.41, 5.74) is 4.33. The van der Waals surface area contributed by atoms with Crippen LogP contribution in [-0.2, 0) is 28.7 Å². The van der Waals surface area contributed by atoms with Crippen LogP contribution < -0.4 is 21.7 Å². The Kier molecular flexibility index (Phi) is 9.71. The Hall–Kier alpha value is -3.18. The summed E-state index contributed by atoms with van der Waals surface area (Å²) < 4.78 is 5.52. The van der Waals surface area contributed by atoms with Gasteiger partial charge < -0.3 is 31.3 Å². The summed E-state index contributed by atoms with van der Waals surface area (Å²) in [6.45, 7) is 14.1. The summed E-state index contributed by atoms with van der Waals surface area (Å²) in [5, 5.41) is 8.36. The first-order chi connectivity index (χ1) is 20.5. The first-order valence-electron chi connectivity index (χ1n) is 16.2. The average Bonchev–Trinajstić information content (AvgIpc) is 3.89. The number of ketones is 1. The number of hydrogen-bond donors (Lipinski definition) is 4. The highest BCUT2D eigenvalue weighted by Crippen LogP contribution is 2.65. The maximum absolute atomic E-state index is 14.2. The molecule has 12 heteroatoms. The minimum Gasteiger partial charge on any atom is -0.464 e. The van der Waals surface area contributed by atoms with Crippen molar-refractivity contribution in [1.82, 2.24) is 20.9 Å². The normalized spacial score (nSPS) is 25.7. The van der Waals surface area contributed by atoms with E-state index in [2.05, 4.69) is 16.0 Å². The van der Waals surface area contributed by atoms with Crippen LogP contribution in [-0.4, -0.2) is 77.7 Å². The van der Waals surface area contributed by atoms with E-state index in [1.165, 1.54) is 4.90 Å². The number of esters is 1. The van der Waals surface area contributed by atoms with Gasteiger partial charge in [0, 0.05) is 6.54 Å². The molecule has 3 aliphatic carbocycles. The van der Waals surface area contributed by atoms with Gasteiger partial charge in [-0.3, -0.25) is 19.2 Å². The highest BCUT2D eigenvalue weighted by Gasteiger charge is 2.70. The van der Waals surface area contributed by atoms with Gasteiger partial charge in [0.1, 0.15) is 24.2 Å². The maximum atomic E-state index is 14.2. The fraction of sp³-hybridized carbons (Fsp3) is 0.812. The molecule has 3 saturated carbocycles. The summed E-state index contributed by atoms with van der Waals surface area (Å²) in [4.78, 5) is 80.1. The Morgan fingerprint density at radius 3 is 2.07 bits per heavy atom. The van der Waals surface area contributed by atoms with Crippen LogP contribution in [0.4, 0.5) is 4.79 Å². The van der Waals surface area contributed by atoms with Gasteiger partial charge >= 0.3 is 12.0 Å². The second kappa shape index (κ2) is 12.7. The molecule has 12 nitrogen and oxygen atoms in total. The lowest BCUT2D eigenvalue weighted by atomic mass is 9.85. The first kappa shape index (κ1) is 33.7. The van der Waals surface area contributed by atoms with Gasteiger partial charge in [-0.1, -0.05) is 61.3 Å². The molecule has 1 saturated heterocycles. The van der Waals surface area contributed by atoms with E-state index in [9.17, 15) is 28.8 Å². The average molecular weight is 618 g/mol. The molecule has 4 fully saturated rings. The van der Waals surface area contributed by atoms with Gasteiger partial charge in [-0.25, -0.2) is 9.59 Å². The van der Waals surface area contributed by atoms with Crippen molar-refractivity contribution in [1.29, 1.82) is 0 Å². The number of ether oxygens (including phenoxy) is 1. The summed E-state index contributed by atoms with van der Waals surface area (Å²) >= 11 is 0. The molecule has 0 aromatic rings. The molecule has 246 valence electrons. The van der Waals surface area contributed by atoms with Gasteiger partial charge in [-0.05, 0) is 66.1 Å². The van der Waals surface area contributed by atoms with Crippen molar-refractivity contribution in [3.8, 4) is 0 Å². The molecule has 4 rings (SSSR count). The van der Waals surface area contributed by atoms with E-state index in [1.807, 2.05) is 48.5 Å². The lowest BCUT2D eigenvalue weighted by Gasteiger charge is -2.38. The van der Waals surface area contributed by atoms with E-state index in [0.29, 0.717) is 44.8 Å². The van der Waals surface area contributed by atoms with Gasteiger partial charge in [0.2, 0.25) is 17.6 Å². The zero-order valence-corrected chi connectivity index (χ0v) is 27.2. The number of nitrogens with one attached hydrogen (secondary N) is 3. The highest BCUT2D eigenvalue weighted by atomic mass is 16.5. The van der Waals surface area contributed by atoms with Gasteiger partial charge in [0.05, 0.1) is 6.61 Å². The summed E-state index contributed by atoms with van der Waals surface area (Å²) in [7, 11) is 0. The lowest BCUT2D eigenvalue weighted by molar-refractivity contribution is -0.148. The van der Waals surface area contributed by atoms with Crippen LogP contribution in [0.15, 0.2) is 0 Å². The number of piperidine rings is 1. The molecule has 1 aliphatic heterocycles. The third kappa shape index (κ3) is 7.20. The fourth-order valence-electron chi connectivity index (χ4n) is 6.86. The Labute approximate surface area is 260 Å². The lowest BCUT2D eigenvalue weighted by Crippen LogP contribution is -2.62. The van der Waals surface area contributed by atoms with E-state index in [-0.39, 0.29) is 29.1 Å². The maximum Gasteiger partial charge on any atom is 0.328 e. The van der Waals surface area contributed by atoms with Gasteiger partial charge in [-0.15, -0.1) is 0 Å². The van der Waals surface area contributed by atoms with Crippen molar-refractivity contribution in [2.24, 2.45) is 46.2 Å². The van der Waals surface area contributed by atoms with Crippen molar-refractivity contribution >= 4 is 35.5 Å². The van der Waals surface area contributed by atoms with Gasteiger partial charge in [0.15, 0.2) is 0 Å². The number of carbonyl (C=O) groups is 6. The van der Waals surface area contributed by atoms with Crippen molar-refractivity contribution in [2.45, 2.75) is 111 Å². The van der Waals surface area contributed by atoms with E-state index in [0.717, 1.165) is 12.8 Å². The number of nitrogens with two attached hydrogens (primary N) is 1. The predicted octanol–water partition coefficient (Wildman–Crippen LogP) is 1.89. The number of rotatable bonds is 14. The summed E-state index contributed by atoms with van der Waals surface area (Å²) in [6, 6.07) is -4.42. The minimum atomic E-state index is -1.10. The fourth-order valence-corrected chi connectivity index (χ4v) is 6.86. The largest absolute Gasteiger partial charge is 0.464 e. The molecule has 0 radical (unpaired) electrons. The Balaban J connectivity index is 1.51. The quantitative estimate of drug-likeness (QED) is 0.170. The zero-order chi connectivity index (χ0) is 32.7. The number of primary amides is 1. The number of urea groups is 1. The third-order valence-electron chi connectivity index (χ3n) is 10.3. The number of carbonyl (C=O) groups excluding carboxylic acids is 6. The molecular formula is C32H51N5O7. The van der Waals surface area contributed by atoms with E-state index < -0.39 is 65.1 Å². The van der Waals surface area contributed by atoms with Crippen molar-refractivity contribution in [3.05, 3.63) is 0 Å². The molecule has 5 N–H and O–H groups in total. The van der Waals surface area contributed by atoms with Crippen molar-refractivity contribution in [2.75, 3.05) is 13.2 Å². The second-order valence-electron chi connectivity index (χ2n) is 15.0. The Morgan fingerprint density at radius 1 is 0.955 bits per heavy atom. The molecule has 5 amide bonds. The molecule has 4 aliphatic rings. The summed E-state index contributed by atoms with van der Waals surface area (Å²) in [6.07, 6.45) is 4.78. The number of likely N-dealkylation sites (tertiary alicyclic amines) is 1. The SMILES string of the molecule is CCC(CC)[C@H](NC(=O)N[C@H](C(=O)N1C[C@H]2[C@@H]([C@H]1C(=O)NC(C(=O)C(N)=O)C1CC1)C2(C)C)C(C)(C)C)C(=O)OCC1CC1. The van der Waals surface area contributed by atoms with Crippen LogP contribution in [0, 0.1) is 40.4 Å². The molecular weight excluding hydrogens is 566 g/mol. The van der Waals surface area contributed by atoms with Crippen LogP contribution in [0.1, 0.15) is 87.0 Å². The van der Waals surface area contributed by atoms with Crippen LogP contribution in [0.25, 0.3) is 0 Å².